The first-order valence-corrected chi connectivity index (χ1v) is 48.1. The van der Waals surface area contributed by atoms with Crippen LogP contribution in [-0.2, 0) is 65.4 Å². The smallest absolute Gasteiger partial charge is 0.462 e. The van der Waals surface area contributed by atoms with Gasteiger partial charge in [-0.1, -0.05) is 420 Å². The van der Waals surface area contributed by atoms with Crippen LogP contribution in [0.1, 0.15) is 471 Å². The number of ether oxygens (including phenoxy) is 4. The molecule has 0 aliphatic heterocycles. The van der Waals surface area contributed by atoms with E-state index in [2.05, 4.69) is 34.6 Å². The number of carbonyl (C=O) groups excluding carboxylic acids is 4. The summed E-state index contributed by atoms with van der Waals surface area (Å²) in [5.41, 5.74) is 0. The normalized spacial score (nSPS) is 13.7. The van der Waals surface area contributed by atoms with E-state index < -0.39 is 97.5 Å². The summed E-state index contributed by atoms with van der Waals surface area (Å²) >= 11 is 0. The second-order valence-electron chi connectivity index (χ2n) is 31.8. The maximum absolute atomic E-state index is 13.2. The summed E-state index contributed by atoms with van der Waals surface area (Å²) in [6.45, 7) is 7.36. The van der Waals surface area contributed by atoms with Gasteiger partial charge in [-0.2, -0.15) is 0 Å². The molecule has 0 aliphatic rings. The molecule has 0 heterocycles. The molecule has 0 aliphatic carbocycles. The molecular formula is C87H170O17P2. The third-order valence-electron chi connectivity index (χ3n) is 20.5. The number of esters is 4. The van der Waals surface area contributed by atoms with Crippen molar-refractivity contribution in [2.24, 2.45) is 5.92 Å². The largest absolute Gasteiger partial charge is 0.472 e. The fraction of sp³-hybridized carbons (Fsp3) is 0.954. The van der Waals surface area contributed by atoms with E-state index in [1.165, 1.54) is 295 Å². The van der Waals surface area contributed by atoms with Gasteiger partial charge in [-0.15, -0.1) is 0 Å². The molecule has 0 bridgehead atoms. The molecule has 0 rings (SSSR count). The Bertz CT molecular complexity index is 2010. The Morgan fingerprint density at radius 1 is 0.255 bits per heavy atom. The molecule has 2 unspecified atom stereocenters. The summed E-state index contributed by atoms with van der Waals surface area (Å²) in [6, 6.07) is 0. The van der Waals surface area contributed by atoms with Crippen LogP contribution in [0, 0.1) is 5.92 Å². The lowest BCUT2D eigenvalue weighted by molar-refractivity contribution is -0.161. The van der Waals surface area contributed by atoms with Crippen LogP contribution in [0.2, 0.25) is 0 Å². The molecule has 5 atom stereocenters. The number of hydrogen-bond acceptors (Lipinski definition) is 15. The zero-order chi connectivity index (χ0) is 77.6. The predicted octanol–water partition coefficient (Wildman–Crippen LogP) is 26.8. The standard InChI is InChI=1S/C87H170O17P2/c1-6-9-12-15-18-21-24-27-29-31-33-34-35-36-38-40-43-46-52-57-62-67-72-86(91)103-82(76-98-85(90)71-66-61-56-51-45-42-39-37-32-30-28-25-22-19-16-13-10-7-2)78-101-105(93,94)99-74-81(88)75-100-106(95,96)102-79-83(104-87(92)73-68-63-58-53-48-47-49-54-59-64-69-80(4)5)77-97-84(89)70-65-60-55-50-44-41-26-23-20-17-14-11-8-3/h80-83,88H,6-79H2,1-5H3,(H,93,94)(H,95,96)/t81-,82-,83-/m1/s1. The lowest BCUT2D eigenvalue weighted by Crippen LogP contribution is -2.30. The number of carbonyl (C=O) groups is 4. The number of unbranched alkanes of at least 4 members (excludes halogenated alkanes) is 59. The second kappa shape index (κ2) is 79.7. The number of aliphatic hydroxyl groups is 1. The molecule has 0 fully saturated rings. The Balaban J connectivity index is 5.23. The van der Waals surface area contributed by atoms with Gasteiger partial charge in [-0.3, -0.25) is 37.3 Å². The Labute approximate surface area is 651 Å². The first-order valence-electron chi connectivity index (χ1n) is 45.1. The highest BCUT2D eigenvalue weighted by atomic mass is 31.2. The summed E-state index contributed by atoms with van der Waals surface area (Å²) < 4.78 is 68.9. The quantitative estimate of drug-likeness (QED) is 0.0222. The topological polar surface area (TPSA) is 237 Å². The van der Waals surface area contributed by atoms with Crippen LogP contribution < -0.4 is 0 Å². The van der Waals surface area contributed by atoms with Crippen molar-refractivity contribution in [2.75, 3.05) is 39.6 Å². The molecule has 0 radical (unpaired) electrons. The van der Waals surface area contributed by atoms with Gasteiger partial charge in [0.15, 0.2) is 12.2 Å². The zero-order valence-electron chi connectivity index (χ0n) is 69.6. The second-order valence-corrected chi connectivity index (χ2v) is 34.7. The minimum atomic E-state index is -4.97. The summed E-state index contributed by atoms with van der Waals surface area (Å²) in [5, 5.41) is 10.7. The maximum atomic E-state index is 13.2. The van der Waals surface area contributed by atoms with E-state index in [1.54, 1.807) is 0 Å². The zero-order valence-corrected chi connectivity index (χ0v) is 71.4. The lowest BCUT2D eigenvalue weighted by Gasteiger charge is -2.21. The van der Waals surface area contributed by atoms with E-state index in [9.17, 15) is 43.2 Å². The summed E-state index contributed by atoms with van der Waals surface area (Å²) in [4.78, 5) is 73.3. The molecule has 0 spiro atoms. The van der Waals surface area contributed by atoms with Crippen LogP contribution in [0.4, 0.5) is 0 Å². The van der Waals surface area contributed by atoms with Crippen LogP contribution in [-0.4, -0.2) is 96.7 Å². The highest BCUT2D eigenvalue weighted by Gasteiger charge is 2.30. The van der Waals surface area contributed by atoms with E-state index in [0.29, 0.717) is 25.7 Å². The van der Waals surface area contributed by atoms with Gasteiger partial charge < -0.3 is 33.8 Å². The molecule has 0 amide bonds. The fourth-order valence-electron chi connectivity index (χ4n) is 13.6. The minimum absolute atomic E-state index is 0.107. The Hall–Kier alpha value is -1.94. The summed E-state index contributed by atoms with van der Waals surface area (Å²) in [5.74, 6) is -1.35. The van der Waals surface area contributed by atoms with E-state index in [0.717, 1.165) is 95.8 Å². The first kappa shape index (κ1) is 104. The molecule has 0 aromatic rings. The van der Waals surface area contributed by atoms with Gasteiger partial charge in [0.25, 0.3) is 0 Å². The number of phosphoric acid groups is 2. The fourth-order valence-corrected chi connectivity index (χ4v) is 15.2. The highest BCUT2D eigenvalue weighted by molar-refractivity contribution is 7.47. The molecule has 0 aromatic heterocycles. The minimum Gasteiger partial charge on any atom is -0.462 e. The van der Waals surface area contributed by atoms with Gasteiger partial charge in [0.2, 0.25) is 0 Å². The molecule has 0 saturated carbocycles. The van der Waals surface area contributed by atoms with Gasteiger partial charge >= 0.3 is 39.5 Å². The Morgan fingerprint density at radius 3 is 0.642 bits per heavy atom. The average Bonchev–Trinajstić information content (AvgIpc) is 0.948. The Morgan fingerprint density at radius 2 is 0.434 bits per heavy atom. The number of aliphatic hydroxyl groups excluding tert-OH is 1. The van der Waals surface area contributed by atoms with Crippen LogP contribution in [0.25, 0.3) is 0 Å². The molecule has 19 heteroatoms. The van der Waals surface area contributed by atoms with Crippen LogP contribution in [0.15, 0.2) is 0 Å². The molecule has 3 N–H and O–H groups in total. The number of hydrogen-bond donors (Lipinski definition) is 3. The molecule has 106 heavy (non-hydrogen) atoms. The van der Waals surface area contributed by atoms with E-state index in [-0.39, 0.29) is 25.7 Å². The van der Waals surface area contributed by atoms with Crippen molar-refractivity contribution in [1.82, 2.24) is 0 Å². The van der Waals surface area contributed by atoms with Gasteiger partial charge in [-0.25, -0.2) is 9.13 Å². The van der Waals surface area contributed by atoms with Gasteiger partial charge in [0.1, 0.15) is 19.3 Å². The summed E-state index contributed by atoms with van der Waals surface area (Å²) in [7, 11) is -9.93. The SMILES string of the molecule is CCCCCCCCCCCCCCCCCCCCCCCCC(=O)O[C@H](COC(=O)CCCCCCCCCCCCCCCCCCCC)COP(=O)(O)OC[C@@H](O)COP(=O)(O)OC[C@@H](COC(=O)CCCCCCCCCCCCCCC)OC(=O)CCCCCCCCCCCCC(C)C. The van der Waals surface area contributed by atoms with Crippen LogP contribution in [0.3, 0.4) is 0 Å². The van der Waals surface area contributed by atoms with Crippen molar-refractivity contribution >= 4 is 39.5 Å². The van der Waals surface area contributed by atoms with Crippen molar-refractivity contribution in [3.05, 3.63) is 0 Å². The Kier molecular flexibility index (Phi) is 78.2. The molecule has 0 saturated heterocycles. The predicted molar refractivity (Wildman–Crippen MR) is 437 cm³/mol. The van der Waals surface area contributed by atoms with Gasteiger partial charge in [0.05, 0.1) is 26.4 Å². The van der Waals surface area contributed by atoms with Gasteiger partial charge in [-0.05, 0) is 31.6 Å². The number of phosphoric ester groups is 2. The third-order valence-corrected chi connectivity index (χ3v) is 22.4. The van der Waals surface area contributed by atoms with Crippen molar-refractivity contribution < 1.29 is 80.2 Å². The molecule has 0 aromatic carbocycles. The van der Waals surface area contributed by atoms with E-state index >= 15 is 0 Å². The van der Waals surface area contributed by atoms with Crippen molar-refractivity contribution in [3.8, 4) is 0 Å². The van der Waals surface area contributed by atoms with Gasteiger partial charge in [0, 0.05) is 25.7 Å². The van der Waals surface area contributed by atoms with Crippen molar-refractivity contribution in [3.63, 3.8) is 0 Å². The highest BCUT2D eigenvalue weighted by Crippen LogP contribution is 2.45. The molecular weight excluding hydrogens is 1380 g/mol. The van der Waals surface area contributed by atoms with Crippen molar-refractivity contribution in [1.29, 1.82) is 0 Å². The molecule has 17 nitrogen and oxygen atoms in total. The van der Waals surface area contributed by atoms with E-state index in [1.807, 2.05) is 0 Å². The molecule has 630 valence electrons. The maximum Gasteiger partial charge on any atom is 0.472 e. The van der Waals surface area contributed by atoms with E-state index in [4.69, 9.17) is 37.0 Å². The average molecular weight is 1550 g/mol. The summed E-state index contributed by atoms with van der Waals surface area (Å²) in [6.07, 6.45) is 73.7. The van der Waals surface area contributed by atoms with Crippen molar-refractivity contribution in [2.45, 2.75) is 490 Å². The first-order chi connectivity index (χ1) is 51.5. The number of rotatable bonds is 87. The van der Waals surface area contributed by atoms with Crippen LogP contribution >= 0.6 is 15.6 Å². The monoisotopic (exact) mass is 1550 g/mol. The lowest BCUT2D eigenvalue weighted by atomic mass is 10.0. The van der Waals surface area contributed by atoms with Crippen LogP contribution in [0.5, 0.6) is 0 Å². The third kappa shape index (κ3) is 80.1.